The van der Waals surface area contributed by atoms with Gasteiger partial charge in [0.1, 0.15) is 0 Å². The van der Waals surface area contributed by atoms with Crippen LogP contribution in [0.25, 0.3) is 0 Å². The average Bonchev–Trinajstić information content (AvgIpc) is 3.01. The van der Waals surface area contributed by atoms with Crippen molar-refractivity contribution in [1.29, 1.82) is 0 Å². The van der Waals surface area contributed by atoms with Crippen LogP contribution in [0.5, 0.6) is 0 Å². The summed E-state index contributed by atoms with van der Waals surface area (Å²) >= 11 is 2.08. The Labute approximate surface area is 134 Å². The summed E-state index contributed by atoms with van der Waals surface area (Å²) in [6.45, 7) is 3.55. The minimum Gasteiger partial charge on any atom is -0.385 e. The van der Waals surface area contributed by atoms with Crippen molar-refractivity contribution in [2.75, 3.05) is 11.9 Å². The molecule has 116 valence electrons. The number of rotatable bonds is 5. The highest BCUT2D eigenvalue weighted by atomic mass is 32.2. The fraction of sp³-hybridized carbons (Fsp3) is 0.684. The molecular weight excluding hydrogens is 274 g/mol. The SMILES string of the molecule is CC1CCC(CNc2ccc(SC3CCCC3)cc2)CC1. The number of nitrogens with one attached hydrogen (secondary N) is 1. The van der Waals surface area contributed by atoms with Crippen molar-refractivity contribution in [3.05, 3.63) is 24.3 Å². The summed E-state index contributed by atoms with van der Waals surface area (Å²) in [7, 11) is 0. The molecule has 0 heterocycles. The van der Waals surface area contributed by atoms with Crippen molar-refractivity contribution in [2.45, 2.75) is 68.4 Å². The summed E-state index contributed by atoms with van der Waals surface area (Å²) in [4.78, 5) is 1.44. The lowest BCUT2D eigenvalue weighted by atomic mass is 9.83. The Morgan fingerprint density at radius 2 is 1.62 bits per heavy atom. The number of anilines is 1. The van der Waals surface area contributed by atoms with Gasteiger partial charge in [0.25, 0.3) is 0 Å². The van der Waals surface area contributed by atoms with Crippen molar-refractivity contribution in [2.24, 2.45) is 11.8 Å². The Balaban J connectivity index is 1.43. The van der Waals surface area contributed by atoms with E-state index in [1.165, 1.54) is 61.9 Å². The first-order valence-electron chi connectivity index (χ1n) is 8.80. The first kappa shape index (κ1) is 15.3. The summed E-state index contributed by atoms with van der Waals surface area (Å²) in [5.41, 5.74) is 1.30. The van der Waals surface area contributed by atoms with Gasteiger partial charge in [0.2, 0.25) is 0 Å². The Kier molecular flexibility index (Phi) is 5.51. The van der Waals surface area contributed by atoms with Gasteiger partial charge in [0.15, 0.2) is 0 Å². The van der Waals surface area contributed by atoms with E-state index in [4.69, 9.17) is 0 Å². The van der Waals surface area contributed by atoms with Gasteiger partial charge in [0.05, 0.1) is 0 Å². The Morgan fingerprint density at radius 3 is 2.29 bits per heavy atom. The smallest absolute Gasteiger partial charge is 0.0341 e. The highest BCUT2D eigenvalue weighted by Crippen LogP contribution is 2.35. The van der Waals surface area contributed by atoms with Crippen LogP contribution < -0.4 is 5.32 Å². The van der Waals surface area contributed by atoms with Gasteiger partial charge >= 0.3 is 0 Å². The molecule has 1 nitrogen and oxygen atoms in total. The number of benzene rings is 1. The quantitative estimate of drug-likeness (QED) is 0.720. The van der Waals surface area contributed by atoms with E-state index in [0.717, 1.165) is 23.6 Å². The predicted molar refractivity (Wildman–Crippen MR) is 94.2 cm³/mol. The number of hydrogen-bond acceptors (Lipinski definition) is 2. The van der Waals surface area contributed by atoms with Crippen LogP contribution in [0.3, 0.4) is 0 Å². The van der Waals surface area contributed by atoms with Crippen molar-refractivity contribution in [3.63, 3.8) is 0 Å². The highest BCUT2D eigenvalue weighted by Gasteiger charge is 2.18. The normalized spacial score (nSPS) is 26.9. The molecule has 3 rings (SSSR count). The molecule has 21 heavy (non-hydrogen) atoms. The molecule has 2 heteroatoms. The highest BCUT2D eigenvalue weighted by molar-refractivity contribution is 8.00. The lowest BCUT2D eigenvalue weighted by molar-refractivity contribution is 0.300. The maximum absolute atomic E-state index is 3.64. The third-order valence-corrected chi connectivity index (χ3v) is 6.54. The lowest BCUT2D eigenvalue weighted by Crippen LogP contribution is -2.20. The van der Waals surface area contributed by atoms with Gasteiger partial charge < -0.3 is 5.32 Å². The van der Waals surface area contributed by atoms with Crippen LogP contribution in [-0.4, -0.2) is 11.8 Å². The van der Waals surface area contributed by atoms with Gasteiger partial charge in [-0.1, -0.05) is 32.6 Å². The van der Waals surface area contributed by atoms with E-state index in [1.54, 1.807) is 0 Å². The third-order valence-electron chi connectivity index (χ3n) is 5.19. The Hall–Kier alpha value is -0.630. The summed E-state index contributed by atoms with van der Waals surface area (Å²) in [5, 5.41) is 4.51. The lowest BCUT2D eigenvalue weighted by Gasteiger charge is -2.26. The van der Waals surface area contributed by atoms with Crippen LogP contribution in [0.2, 0.25) is 0 Å². The van der Waals surface area contributed by atoms with E-state index < -0.39 is 0 Å². The van der Waals surface area contributed by atoms with E-state index >= 15 is 0 Å². The molecule has 1 aromatic rings. The van der Waals surface area contributed by atoms with E-state index in [9.17, 15) is 0 Å². The number of hydrogen-bond donors (Lipinski definition) is 1. The molecule has 2 aliphatic rings. The van der Waals surface area contributed by atoms with Gasteiger partial charge in [-0.2, -0.15) is 0 Å². The molecule has 2 aliphatic carbocycles. The van der Waals surface area contributed by atoms with Crippen LogP contribution in [0, 0.1) is 11.8 Å². The fourth-order valence-electron chi connectivity index (χ4n) is 3.65. The molecule has 1 aromatic carbocycles. The van der Waals surface area contributed by atoms with E-state index in [2.05, 4.69) is 48.3 Å². The van der Waals surface area contributed by atoms with E-state index in [1.807, 2.05) is 0 Å². The molecular formula is C19H29NS. The molecule has 0 bridgehead atoms. The number of thioether (sulfide) groups is 1. The second-order valence-corrected chi connectivity index (χ2v) is 8.43. The fourth-order valence-corrected chi connectivity index (χ4v) is 4.89. The minimum absolute atomic E-state index is 0.869. The zero-order chi connectivity index (χ0) is 14.5. The molecule has 0 spiro atoms. The standard InChI is InChI=1S/C19H29NS/c1-15-6-8-16(9-7-15)14-20-17-10-12-19(13-11-17)21-18-4-2-3-5-18/h10-13,15-16,18,20H,2-9,14H2,1H3. The average molecular weight is 304 g/mol. The van der Waals surface area contributed by atoms with Crippen molar-refractivity contribution in [3.8, 4) is 0 Å². The molecule has 0 aliphatic heterocycles. The molecule has 0 saturated heterocycles. The first-order valence-corrected chi connectivity index (χ1v) is 9.68. The second-order valence-electron chi connectivity index (χ2n) is 7.06. The maximum Gasteiger partial charge on any atom is 0.0341 e. The third kappa shape index (κ3) is 4.67. The summed E-state index contributed by atoms with van der Waals surface area (Å²) in [6, 6.07) is 9.13. The Morgan fingerprint density at radius 1 is 0.952 bits per heavy atom. The predicted octanol–water partition coefficient (Wildman–Crippen LogP) is 5.96. The van der Waals surface area contributed by atoms with E-state index in [0.29, 0.717) is 0 Å². The zero-order valence-corrected chi connectivity index (χ0v) is 14.1. The second kappa shape index (κ2) is 7.58. The molecule has 2 saturated carbocycles. The van der Waals surface area contributed by atoms with Gasteiger partial charge in [-0.3, -0.25) is 0 Å². The van der Waals surface area contributed by atoms with Crippen molar-refractivity contribution in [1.82, 2.24) is 0 Å². The zero-order valence-electron chi connectivity index (χ0n) is 13.3. The molecule has 0 unspecified atom stereocenters. The van der Waals surface area contributed by atoms with E-state index in [-0.39, 0.29) is 0 Å². The van der Waals surface area contributed by atoms with Gasteiger partial charge in [-0.15, -0.1) is 11.8 Å². The van der Waals surface area contributed by atoms with Crippen LogP contribution in [0.4, 0.5) is 5.69 Å². The molecule has 1 N–H and O–H groups in total. The van der Waals surface area contributed by atoms with Gasteiger partial charge in [-0.05, 0) is 61.8 Å². The van der Waals surface area contributed by atoms with Crippen molar-refractivity contribution >= 4 is 17.4 Å². The van der Waals surface area contributed by atoms with Crippen LogP contribution >= 0.6 is 11.8 Å². The van der Waals surface area contributed by atoms with Gasteiger partial charge in [0, 0.05) is 22.4 Å². The van der Waals surface area contributed by atoms with Crippen LogP contribution in [-0.2, 0) is 0 Å². The summed E-state index contributed by atoms with van der Waals surface area (Å²) < 4.78 is 0. The topological polar surface area (TPSA) is 12.0 Å². The molecule has 0 radical (unpaired) electrons. The van der Waals surface area contributed by atoms with Crippen LogP contribution in [0.1, 0.15) is 58.3 Å². The van der Waals surface area contributed by atoms with Gasteiger partial charge in [-0.25, -0.2) is 0 Å². The summed E-state index contributed by atoms with van der Waals surface area (Å²) in [6.07, 6.45) is 11.3. The Bertz CT molecular complexity index is 414. The largest absolute Gasteiger partial charge is 0.385 e. The first-order chi connectivity index (χ1) is 10.3. The molecule has 0 atom stereocenters. The molecule has 0 amide bonds. The molecule has 0 aromatic heterocycles. The monoisotopic (exact) mass is 303 g/mol. The minimum atomic E-state index is 0.869. The van der Waals surface area contributed by atoms with Crippen molar-refractivity contribution < 1.29 is 0 Å². The molecule has 2 fully saturated rings. The van der Waals surface area contributed by atoms with Crippen LogP contribution in [0.15, 0.2) is 29.2 Å². The maximum atomic E-state index is 3.64. The summed E-state index contributed by atoms with van der Waals surface area (Å²) in [5.74, 6) is 1.84.